The van der Waals surface area contributed by atoms with Crippen molar-refractivity contribution in [2.24, 2.45) is 0 Å². The lowest BCUT2D eigenvalue weighted by atomic mass is 10.0. The number of benzene rings is 2. The van der Waals surface area contributed by atoms with Crippen molar-refractivity contribution in [3.8, 4) is 5.75 Å². The van der Waals surface area contributed by atoms with Crippen molar-refractivity contribution in [3.05, 3.63) is 58.9 Å². The molecule has 4 rings (SSSR count). The summed E-state index contributed by atoms with van der Waals surface area (Å²) in [5, 5.41) is 3.07. The molecule has 1 N–H and O–H groups in total. The Morgan fingerprint density at radius 2 is 1.97 bits per heavy atom. The van der Waals surface area contributed by atoms with Crippen LogP contribution >= 0.6 is 0 Å². The highest BCUT2D eigenvalue weighted by atomic mass is 19.1. The normalized spacial score (nSPS) is 17.4. The number of anilines is 1. The molecule has 30 heavy (non-hydrogen) atoms. The minimum absolute atomic E-state index is 0.0626. The van der Waals surface area contributed by atoms with E-state index in [1.54, 1.807) is 6.07 Å². The molecule has 2 aromatic rings. The minimum Gasteiger partial charge on any atom is -0.493 e. The summed E-state index contributed by atoms with van der Waals surface area (Å²) in [6, 6.07) is 10.6. The predicted octanol–water partition coefficient (Wildman–Crippen LogP) is 3.32. The number of likely N-dealkylation sites (N-methyl/N-ethyl adjacent to an activating group) is 1. The summed E-state index contributed by atoms with van der Waals surface area (Å²) in [7, 11) is 0. The summed E-state index contributed by atoms with van der Waals surface area (Å²) in [6.45, 7) is 9.66. The van der Waals surface area contributed by atoms with Crippen molar-refractivity contribution >= 4 is 11.6 Å². The van der Waals surface area contributed by atoms with Crippen molar-refractivity contribution in [2.45, 2.75) is 32.7 Å². The van der Waals surface area contributed by atoms with Crippen LogP contribution in [0.5, 0.6) is 5.75 Å². The van der Waals surface area contributed by atoms with Crippen molar-refractivity contribution in [3.63, 3.8) is 0 Å². The van der Waals surface area contributed by atoms with E-state index >= 15 is 0 Å². The van der Waals surface area contributed by atoms with Gasteiger partial charge in [-0.2, -0.15) is 0 Å². The number of hydrogen-bond acceptors (Lipinski definition) is 4. The Balaban J connectivity index is 1.44. The number of rotatable bonds is 6. The van der Waals surface area contributed by atoms with Gasteiger partial charge in [0.25, 0.3) is 0 Å². The molecular weight excluding hydrogens is 381 g/mol. The summed E-state index contributed by atoms with van der Waals surface area (Å²) < 4.78 is 19.6. The molecule has 0 aromatic heterocycles. The van der Waals surface area contributed by atoms with Gasteiger partial charge in [0.15, 0.2) is 0 Å². The van der Waals surface area contributed by atoms with E-state index in [4.69, 9.17) is 4.74 Å². The third-order valence-electron chi connectivity index (χ3n) is 6.11. The smallest absolute Gasteiger partial charge is 0.224 e. The van der Waals surface area contributed by atoms with E-state index in [1.165, 1.54) is 6.07 Å². The fourth-order valence-electron chi connectivity index (χ4n) is 4.37. The molecule has 160 valence electrons. The molecular formula is C24H30FN3O2. The molecule has 1 atom stereocenters. The second-order valence-corrected chi connectivity index (χ2v) is 8.13. The summed E-state index contributed by atoms with van der Waals surface area (Å²) in [5.41, 5.74) is 3.97. The van der Waals surface area contributed by atoms with Crippen molar-refractivity contribution in [1.82, 2.24) is 10.2 Å². The molecule has 2 aliphatic rings. The predicted molar refractivity (Wildman–Crippen MR) is 117 cm³/mol. The largest absolute Gasteiger partial charge is 0.493 e. The van der Waals surface area contributed by atoms with Crippen LogP contribution in [0.25, 0.3) is 0 Å². The molecule has 1 amide bonds. The number of hydrogen-bond donors (Lipinski definition) is 1. The number of nitrogens with zero attached hydrogens (tertiary/aromatic N) is 2. The van der Waals surface area contributed by atoms with Crippen LogP contribution < -0.4 is 15.0 Å². The van der Waals surface area contributed by atoms with Crippen LogP contribution in [0, 0.1) is 5.82 Å². The average Bonchev–Trinajstić information content (AvgIpc) is 3.21. The SMILES string of the molecule is CCN1CCN(c2ccc(F)cc2C(C)NC(=O)Cc2ccc3c(c2)CCO3)CC1. The van der Waals surface area contributed by atoms with Gasteiger partial charge < -0.3 is 19.9 Å². The molecule has 2 aliphatic heterocycles. The number of ether oxygens (including phenoxy) is 1. The first-order valence-electron chi connectivity index (χ1n) is 10.8. The maximum Gasteiger partial charge on any atom is 0.224 e. The van der Waals surface area contributed by atoms with Gasteiger partial charge in [-0.05, 0) is 48.9 Å². The van der Waals surface area contributed by atoms with E-state index < -0.39 is 0 Å². The summed E-state index contributed by atoms with van der Waals surface area (Å²) >= 11 is 0. The number of carbonyl (C=O) groups is 1. The standard InChI is InChI=1S/C24H30FN3O2/c1-3-27-9-11-28(12-10-27)22-6-5-20(25)16-21(22)17(2)26-24(29)15-18-4-7-23-19(14-18)8-13-30-23/h4-7,14,16-17H,3,8-13,15H2,1-2H3,(H,26,29). The van der Waals surface area contributed by atoms with E-state index in [-0.39, 0.29) is 17.8 Å². The molecule has 2 aromatic carbocycles. The summed E-state index contributed by atoms with van der Waals surface area (Å²) in [6.07, 6.45) is 1.19. The summed E-state index contributed by atoms with van der Waals surface area (Å²) in [5.74, 6) is 0.577. The van der Waals surface area contributed by atoms with Crippen molar-refractivity contribution in [2.75, 3.05) is 44.2 Å². The van der Waals surface area contributed by atoms with Gasteiger partial charge in [-0.1, -0.05) is 19.1 Å². The first-order valence-corrected chi connectivity index (χ1v) is 10.8. The Bertz CT molecular complexity index is 909. The Hall–Kier alpha value is -2.60. The number of halogens is 1. The molecule has 0 bridgehead atoms. The topological polar surface area (TPSA) is 44.8 Å². The highest BCUT2D eigenvalue weighted by Crippen LogP contribution is 2.29. The maximum absolute atomic E-state index is 14.1. The van der Waals surface area contributed by atoms with Crippen LogP contribution in [-0.2, 0) is 17.6 Å². The van der Waals surface area contributed by atoms with E-state index in [9.17, 15) is 9.18 Å². The first-order chi connectivity index (χ1) is 14.5. The quantitative estimate of drug-likeness (QED) is 0.792. The molecule has 0 spiro atoms. The number of carbonyl (C=O) groups excluding carboxylic acids is 1. The molecule has 1 saturated heterocycles. The van der Waals surface area contributed by atoms with E-state index in [2.05, 4.69) is 22.0 Å². The zero-order chi connectivity index (χ0) is 21.1. The molecule has 6 heteroatoms. The number of amides is 1. The van der Waals surface area contributed by atoms with Gasteiger partial charge in [0.1, 0.15) is 11.6 Å². The van der Waals surface area contributed by atoms with Crippen LogP contribution in [0.3, 0.4) is 0 Å². The van der Waals surface area contributed by atoms with Gasteiger partial charge in [0.05, 0.1) is 19.1 Å². The van der Waals surface area contributed by atoms with Crippen LogP contribution in [0.15, 0.2) is 36.4 Å². The minimum atomic E-state index is -0.277. The van der Waals surface area contributed by atoms with Gasteiger partial charge in [-0.15, -0.1) is 0 Å². The lowest BCUT2D eigenvalue weighted by molar-refractivity contribution is -0.121. The van der Waals surface area contributed by atoms with Gasteiger partial charge in [-0.3, -0.25) is 4.79 Å². The molecule has 0 radical (unpaired) electrons. The Kier molecular flexibility index (Phi) is 6.23. The van der Waals surface area contributed by atoms with Crippen LogP contribution in [0.2, 0.25) is 0 Å². The number of piperazine rings is 1. The third-order valence-corrected chi connectivity index (χ3v) is 6.11. The second-order valence-electron chi connectivity index (χ2n) is 8.13. The second kappa shape index (κ2) is 9.04. The van der Waals surface area contributed by atoms with Gasteiger partial charge in [0, 0.05) is 43.9 Å². The molecule has 0 saturated carbocycles. The molecule has 1 fully saturated rings. The molecule has 0 aliphatic carbocycles. The lowest BCUT2D eigenvalue weighted by Crippen LogP contribution is -2.46. The van der Waals surface area contributed by atoms with Crippen molar-refractivity contribution in [1.29, 1.82) is 0 Å². The van der Waals surface area contributed by atoms with Gasteiger partial charge in [0.2, 0.25) is 5.91 Å². The highest BCUT2D eigenvalue weighted by Gasteiger charge is 2.22. The van der Waals surface area contributed by atoms with Crippen LogP contribution in [-0.4, -0.2) is 50.1 Å². The highest BCUT2D eigenvalue weighted by molar-refractivity contribution is 5.79. The lowest BCUT2D eigenvalue weighted by Gasteiger charge is -2.37. The maximum atomic E-state index is 14.1. The Labute approximate surface area is 177 Å². The average molecular weight is 412 g/mol. The van der Waals surface area contributed by atoms with E-state index in [0.717, 1.165) is 67.3 Å². The Morgan fingerprint density at radius 1 is 1.17 bits per heavy atom. The van der Waals surface area contributed by atoms with Gasteiger partial charge >= 0.3 is 0 Å². The zero-order valence-corrected chi connectivity index (χ0v) is 17.8. The summed E-state index contributed by atoms with van der Waals surface area (Å²) in [4.78, 5) is 17.4. The molecule has 2 heterocycles. The fraction of sp³-hybridized carbons (Fsp3) is 0.458. The number of nitrogens with one attached hydrogen (secondary N) is 1. The monoisotopic (exact) mass is 411 g/mol. The number of fused-ring (bicyclic) bond motifs is 1. The molecule has 5 nitrogen and oxygen atoms in total. The van der Waals surface area contributed by atoms with Gasteiger partial charge in [-0.25, -0.2) is 4.39 Å². The zero-order valence-electron chi connectivity index (χ0n) is 17.8. The van der Waals surface area contributed by atoms with Crippen LogP contribution in [0.1, 0.15) is 36.6 Å². The Morgan fingerprint density at radius 3 is 2.73 bits per heavy atom. The third kappa shape index (κ3) is 4.59. The van der Waals surface area contributed by atoms with Crippen LogP contribution in [0.4, 0.5) is 10.1 Å². The molecule has 1 unspecified atom stereocenters. The van der Waals surface area contributed by atoms with Crippen molar-refractivity contribution < 1.29 is 13.9 Å². The first kappa shape index (κ1) is 20.7. The fourth-order valence-corrected chi connectivity index (χ4v) is 4.37. The van der Waals surface area contributed by atoms with E-state index in [1.807, 2.05) is 31.2 Å². The van der Waals surface area contributed by atoms with E-state index in [0.29, 0.717) is 13.0 Å².